The van der Waals surface area contributed by atoms with Crippen LogP contribution in [0.1, 0.15) is 19.8 Å². The second-order valence-electron chi connectivity index (χ2n) is 6.30. The summed E-state index contributed by atoms with van der Waals surface area (Å²) < 4.78 is 16.7. The Morgan fingerprint density at radius 2 is 1.89 bits per heavy atom. The Labute approximate surface area is 163 Å². The van der Waals surface area contributed by atoms with E-state index in [0.29, 0.717) is 43.1 Å². The number of methoxy groups -OCH3 is 1. The third kappa shape index (κ3) is 4.54. The minimum absolute atomic E-state index is 0.319. The number of carboxylic acids is 1. The molecule has 0 aliphatic heterocycles. The summed E-state index contributed by atoms with van der Waals surface area (Å²) in [6.45, 7) is 2.73. The topological polar surface area (TPSA) is 85.0 Å². The molecule has 3 rings (SSSR count). The Morgan fingerprint density at radius 3 is 2.54 bits per heavy atom. The van der Waals surface area contributed by atoms with E-state index in [4.69, 9.17) is 13.9 Å². The number of benzene rings is 2. The molecule has 1 aromatic heterocycles. The monoisotopic (exact) mass is 384 g/mol. The molecule has 0 aliphatic rings. The van der Waals surface area contributed by atoms with Crippen LogP contribution in [0.5, 0.6) is 11.5 Å². The van der Waals surface area contributed by atoms with Crippen molar-refractivity contribution in [1.82, 2.24) is 4.98 Å². The lowest BCUT2D eigenvalue weighted by atomic mass is 10.2. The van der Waals surface area contributed by atoms with Crippen molar-refractivity contribution in [3.05, 3.63) is 48.5 Å². The molecule has 1 heterocycles. The summed E-state index contributed by atoms with van der Waals surface area (Å²) in [6.07, 6.45) is 1.06. The van der Waals surface area contributed by atoms with Crippen molar-refractivity contribution in [2.75, 3.05) is 25.2 Å². The maximum absolute atomic E-state index is 11.7. The number of oxazole rings is 1. The highest BCUT2D eigenvalue weighted by Crippen LogP contribution is 2.24. The Hall–Kier alpha value is -3.22. The molecule has 3 aromatic rings. The fourth-order valence-electron chi connectivity index (χ4n) is 2.99. The summed E-state index contributed by atoms with van der Waals surface area (Å²) in [5.41, 5.74) is 1.34. The first-order valence-electron chi connectivity index (χ1n) is 9.24. The number of carboxylic acid groups (broad SMARTS) is 1. The fraction of sp³-hybridized carbons (Fsp3) is 0.333. The van der Waals surface area contributed by atoms with Gasteiger partial charge in [-0.3, -0.25) is 0 Å². The summed E-state index contributed by atoms with van der Waals surface area (Å²) in [4.78, 5) is 17.9. The van der Waals surface area contributed by atoms with Crippen LogP contribution in [0.4, 0.5) is 6.01 Å². The zero-order valence-corrected chi connectivity index (χ0v) is 16.0. The molecule has 7 heteroatoms. The Kier molecular flexibility index (Phi) is 6.37. The molecule has 0 fully saturated rings. The van der Waals surface area contributed by atoms with Gasteiger partial charge in [-0.15, -0.1) is 0 Å². The molecule has 28 heavy (non-hydrogen) atoms. The predicted molar refractivity (Wildman–Crippen MR) is 106 cm³/mol. The number of ether oxygens (including phenoxy) is 2. The van der Waals surface area contributed by atoms with Crippen molar-refractivity contribution in [3.63, 3.8) is 0 Å². The summed E-state index contributed by atoms with van der Waals surface area (Å²) in [7, 11) is 1.61. The van der Waals surface area contributed by atoms with Gasteiger partial charge in [-0.1, -0.05) is 19.1 Å². The third-order valence-corrected chi connectivity index (χ3v) is 4.45. The molecule has 1 N–H and O–H groups in total. The lowest BCUT2D eigenvalue weighted by Crippen LogP contribution is -2.42. The molecular formula is C21H24N2O5. The molecular weight excluding hydrogens is 360 g/mol. The molecule has 2 aromatic carbocycles. The van der Waals surface area contributed by atoms with Crippen LogP contribution in [0.25, 0.3) is 11.1 Å². The van der Waals surface area contributed by atoms with Gasteiger partial charge in [0.15, 0.2) is 5.58 Å². The SMILES string of the molecule is CCC(C(=O)O)N(CCCOc1ccc(OC)cc1)c1nc2ccccc2o1. The first kappa shape index (κ1) is 19.5. The van der Waals surface area contributed by atoms with Gasteiger partial charge in [0, 0.05) is 6.54 Å². The molecule has 0 saturated carbocycles. The number of carbonyl (C=O) groups is 1. The maximum Gasteiger partial charge on any atom is 0.326 e. The second-order valence-corrected chi connectivity index (χ2v) is 6.30. The second kappa shape index (κ2) is 9.12. The van der Waals surface area contributed by atoms with Crippen LogP contribution in [0.3, 0.4) is 0 Å². The maximum atomic E-state index is 11.7. The smallest absolute Gasteiger partial charge is 0.326 e. The van der Waals surface area contributed by atoms with Crippen LogP contribution in [0, 0.1) is 0 Å². The summed E-state index contributed by atoms with van der Waals surface area (Å²) in [6, 6.07) is 14.3. The van der Waals surface area contributed by atoms with Crippen LogP contribution < -0.4 is 14.4 Å². The highest BCUT2D eigenvalue weighted by Gasteiger charge is 2.27. The van der Waals surface area contributed by atoms with Crippen molar-refractivity contribution >= 4 is 23.1 Å². The van der Waals surface area contributed by atoms with Crippen molar-refractivity contribution in [2.45, 2.75) is 25.8 Å². The largest absolute Gasteiger partial charge is 0.497 e. The number of aliphatic carboxylic acids is 1. The summed E-state index contributed by atoms with van der Waals surface area (Å²) in [5.74, 6) is 0.599. The number of para-hydroxylation sites is 2. The average molecular weight is 384 g/mol. The molecule has 1 atom stereocenters. The van der Waals surface area contributed by atoms with Crippen LogP contribution in [-0.2, 0) is 4.79 Å². The van der Waals surface area contributed by atoms with Crippen molar-refractivity contribution < 1.29 is 23.8 Å². The van der Waals surface area contributed by atoms with Gasteiger partial charge in [-0.25, -0.2) is 4.79 Å². The Balaban J connectivity index is 1.67. The van der Waals surface area contributed by atoms with Gasteiger partial charge in [0.1, 0.15) is 23.1 Å². The fourth-order valence-corrected chi connectivity index (χ4v) is 2.99. The van der Waals surface area contributed by atoms with Gasteiger partial charge < -0.3 is 23.9 Å². The average Bonchev–Trinajstić information content (AvgIpc) is 3.14. The highest BCUT2D eigenvalue weighted by molar-refractivity contribution is 5.79. The number of fused-ring (bicyclic) bond motifs is 1. The van der Waals surface area contributed by atoms with Crippen molar-refractivity contribution in [1.29, 1.82) is 0 Å². The molecule has 0 spiro atoms. The Bertz CT molecular complexity index is 874. The van der Waals surface area contributed by atoms with Gasteiger partial charge in [-0.2, -0.15) is 4.98 Å². The highest BCUT2D eigenvalue weighted by atomic mass is 16.5. The standard InChI is InChI=1S/C21H24N2O5/c1-3-18(20(24)25)23(21-22-17-7-4-5-8-19(17)28-21)13-6-14-27-16-11-9-15(26-2)10-12-16/h4-5,7-12,18H,3,6,13-14H2,1-2H3,(H,24,25). The van der Waals surface area contributed by atoms with Gasteiger partial charge >= 0.3 is 5.97 Å². The number of aromatic nitrogens is 1. The van der Waals surface area contributed by atoms with Crippen molar-refractivity contribution in [3.8, 4) is 11.5 Å². The molecule has 148 valence electrons. The predicted octanol–water partition coefficient (Wildman–Crippen LogP) is 3.98. The number of anilines is 1. The van der Waals surface area contributed by atoms with E-state index in [2.05, 4.69) is 4.98 Å². The van der Waals surface area contributed by atoms with Gasteiger partial charge in [0.25, 0.3) is 6.01 Å². The van der Waals surface area contributed by atoms with E-state index in [9.17, 15) is 9.90 Å². The molecule has 0 aliphatic carbocycles. The molecule has 0 saturated heterocycles. The van der Waals surface area contributed by atoms with Crippen LogP contribution in [0.2, 0.25) is 0 Å². The van der Waals surface area contributed by atoms with E-state index in [-0.39, 0.29) is 0 Å². The van der Waals surface area contributed by atoms with E-state index >= 15 is 0 Å². The minimum atomic E-state index is -0.902. The third-order valence-electron chi connectivity index (χ3n) is 4.45. The summed E-state index contributed by atoms with van der Waals surface area (Å²) >= 11 is 0. The lowest BCUT2D eigenvalue weighted by molar-refractivity contribution is -0.138. The van der Waals surface area contributed by atoms with E-state index in [1.165, 1.54) is 0 Å². The van der Waals surface area contributed by atoms with Gasteiger partial charge in [0.2, 0.25) is 0 Å². The minimum Gasteiger partial charge on any atom is -0.497 e. The zero-order valence-electron chi connectivity index (χ0n) is 16.0. The van der Waals surface area contributed by atoms with E-state index in [1.807, 2.05) is 55.5 Å². The van der Waals surface area contributed by atoms with Gasteiger partial charge in [0.05, 0.1) is 13.7 Å². The van der Waals surface area contributed by atoms with Crippen LogP contribution in [0.15, 0.2) is 52.9 Å². The van der Waals surface area contributed by atoms with E-state index in [0.717, 1.165) is 11.5 Å². The number of nitrogens with zero attached hydrogens (tertiary/aromatic N) is 2. The number of rotatable bonds is 10. The lowest BCUT2D eigenvalue weighted by Gasteiger charge is -2.26. The molecule has 0 bridgehead atoms. The Morgan fingerprint density at radius 1 is 1.18 bits per heavy atom. The first-order chi connectivity index (χ1) is 13.6. The van der Waals surface area contributed by atoms with Crippen molar-refractivity contribution in [2.24, 2.45) is 0 Å². The molecule has 7 nitrogen and oxygen atoms in total. The van der Waals surface area contributed by atoms with Gasteiger partial charge in [-0.05, 0) is 49.2 Å². The normalized spacial score (nSPS) is 11.9. The molecule has 0 radical (unpaired) electrons. The number of hydrogen-bond acceptors (Lipinski definition) is 6. The first-order valence-corrected chi connectivity index (χ1v) is 9.24. The quantitative estimate of drug-likeness (QED) is 0.529. The van der Waals surface area contributed by atoms with Crippen LogP contribution >= 0.6 is 0 Å². The zero-order chi connectivity index (χ0) is 19.9. The van der Waals surface area contributed by atoms with E-state index in [1.54, 1.807) is 12.0 Å². The molecule has 0 amide bonds. The number of hydrogen-bond donors (Lipinski definition) is 1. The van der Waals surface area contributed by atoms with Crippen LogP contribution in [-0.4, -0.2) is 42.4 Å². The summed E-state index contributed by atoms with van der Waals surface area (Å²) in [5, 5.41) is 9.61. The molecule has 1 unspecified atom stereocenters. The van der Waals surface area contributed by atoms with E-state index < -0.39 is 12.0 Å².